The van der Waals surface area contributed by atoms with E-state index >= 15 is 0 Å². The molecule has 3 N–H and O–H groups in total. The number of para-hydroxylation sites is 1. The SMILES string of the molecule is Cc1cnc(C(=O)Nc2ccccc2CN2CCCC(C(N)=O)C2)cn1. The molecular formula is C19H23N5O2. The van der Waals surface area contributed by atoms with Crippen LogP contribution >= 0.6 is 0 Å². The number of nitrogens with zero attached hydrogens (tertiary/aromatic N) is 3. The molecule has 1 aliphatic heterocycles. The number of rotatable bonds is 5. The van der Waals surface area contributed by atoms with Crippen molar-refractivity contribution in [1.29, 1.82) is 0 Å². The molecule has 3 rings (SSSR count). The van der Waals surface area contributed by atoms with Crippen LogP contribution in [-0.2, 0) is 11.3 Å². The molecule has 1 aromatic carbocycles. The van der Waals surface area contributed by atoms with E-state index in [1.807, 2.05) is 31.2 Å². The van der Waals surface area contributed by atoms with Crippen molar-refractivity contribution in [3.05, 3.63) is 53.6 Å². The number of aryl methyl sites for hydroxylation is 1. The van der Waals surface area contributed by atoms with Gasteiger partial charge >= 0.3 is 0 Å². The van der Waals surface area contributed by atoms with Gasteiger partial charge < -0.3 is 11.1 Å². The molecule has 7 heteroatoms. The van der Waals surface area contributed by atoms with Crippen LogP contribution in [0.2, 0.25) is 0 Å². The molecule has 0 radical (unpaired) electrons. The van der Waals surface area contributed by atoms with Gasteiger partial charge in [0.1, 0.15) is 5.69 Å². The molecule has 0 bridgehead atoms. The predicted molar refractivity (Wildman–Crippen MR) is 98.4 cm³/mol. The lowest BCUT2D eigenvalue weighted by Crippen LogP contribution is -2.40. The molecule has 1 aliphatic rings. The van der Waals surface area contributed by atoms with Crippen molar-refractivity contribution in [2.24, 2.45) is 11.7 Å². The van der Waals surface area contributed by atoms with Crippen LogP contribution in [0.3, 0.4) is 0 Å². The zero-order valence-corrected chi connectivity index (χ0v) is 14.8. The first kappa shape index (κ1) is 18.0. The molecule has 1 atom stereocenters. The summed E-state index contributed by atoms with van der Waals surface area (Å²) in [4.78, 5) is 34.3. The molecule has 1 saturated heterocycles. The van der Waals surface area contributed by atoms with E-state index in [9.17, 15) is 9.59 Å². The molecule has 1 aromatic heterocycles. The summed E-state index contributed by atoms with van der Waals surface area (Å²) in [6.45, 7) is 4.04. The number of carbonyl (C=O) groups is 2. The molecule has 1 unspecified atom stereocenters. The number of amides is 2. The fraction of sp³-hybridized carbons (Fsp3) is 0.368. The second kappa shape index (κ2) is 8.05. The van der Waals surface area contributed by atoms with Gasteiger partial charge in [0.15, 0.2) is 0 Å². The number of carbonyl (C=O) groups excluding carboxylic acids is 2. The van der Waals surface area contributed by atoms with Gasteiger partial charge in [0.2, 0.25) is 5.91 Å². The Balaban J connectivity index is 1.71. The van der Waals surface area contributed by atoms with Crippen LogP contribution in [-0.4, -0.2) is 39.8 Å². The lowest BCUT2D eigenvalue weighted by molar-refractivity contribution is -0.123. The monoisotopic (exact) mass is 353 g/mol. The van der Waals surface area contributed by atoms with Crippen LogP contribution in [0.1, 0.15) is 34.6 Å². The van der Waals surface area contributed by atoms with Crippen LogP contribution in [0.5, 0.6) is 0 Å². The Labute approximate surface area is 152 Å². The Morgan fingerprint density at radius 1 is 1.27 bits per heavy atom. The van der Waals surface area contributed by atoms with Crippen molar-refractivity contribution in [3.8, 4) is 0 Å². The van der Waals surface area contributed by atoms with E-state index in [1.54, 1.807) is 6.20 Å². The molecule has 2 aromatic rings. The summed E-state index contributed by atoms with van der Waals surface area (Å²) in [7, 11) is 0. The number of nitrogens with two attached hydrogens (primary N) is 1. The Bertz CT molecular complexity index is 791. The van der Waals surface area contributed by atoms with Crippen LogP contribution < -0.4 is 11.1 Å². The molecule has 2 amide bonds. The van der Waals surface area contributed by atoms with Gasteiger partial charge in [-0.15, -0.1) is 0 Å². The van der Waals surface area contributed by atoms with Crippen molar-refractivity contribution in [2.45, 2.75) is 26.3 Å². The summed E-state index contributed by atoms with van der Waals surface area (Å²) in [6, 6.07) is 7.66. The fourth-order valence-electron chi connectivity index (χ4n) is 3.15. The average Bonchev–Trinajstić information content (AvgIpc) is 2.64. The third-order valence-electron chi connectivity index (χ3n) is 4.58. The highest BCUT2D eigenvalue weighted by atomic mass is 16.2. The second-order valence-corrected chi connectivity index (χ2v) is 6.63. The molecule has 7 nitrogen and oxygen atoms in total. The van der Waals surface area contributed by atoms with Gasteiger partial charge in [-0.25, -0.2) is 4.98 Å². The first-order chi connectivity index (χ1) is 12.5. The Morgan fingerprint density at radius 3 is 2.81 bits per heavy atom. The predicted octanol–water partition coefficient (Wildman–Crippen LogP) is 1.73. The third-order valence-corrected chi connectivity index (χ3v) is 4.58. The summed E-state index contributed by atoms with van der Waals surface area (Å²) in [5.41, 5.74) is 8.22. The van der Waals surface area contributed by atoms with E-state index < -0.39 is 0 Å². The number of benzene rings is 1. The maximum Gasteiger partial charge on any atom is 0.275 e. The smallest absolute Gasteiger partial charge is 0.275 e. The fourth-order valence-corrected chi connectivity index (χ4v) is 3.15. The standard InChI is InChI=1S/C19H23N5O2/c1-13-9-22-17(10-21-13)19(26)23-16-7-3-2-5-14(16)11-24-8-4-6-15(12-24)18(20)25/h2-3,5,7,9-10,15H,4,6,8,11-12H2,1H3,(H2,20,25)(H,23,26). The minimum atomic E-state index is -0.293. The number of piperidine rings is 1. The van der Waals surface area contributed by atoms with E-state index in [-0.39, 0.29) is 23.4 Å². The summed E-state index contributed by atoms with van der Waals surface area (Å²) in [6.07, 6.45) is 4.82. The zero-order valence-electron chi connectivity index (χ0n) is 14.8. The highest BCUT2D eigenvalue weighted by Crippen LogP contribution is 2.22. The first-order valence-electron chi connectivity index (χ1n) is 8.72. The van der Waals surface area contributed by atoms with Crippen LogP contribution in [0.25, 0.3) is 0 Å². The van der Waals surface area contributed by atoms with Gasteiger partial charge in [0.25, 0.3) is 5.91 Å². The van der Waals surface area contributed by atoms with Gasteiger partial charge in [0, 0.05) is 25.0 Å². The summed E-state index contributed by atoms with van der Waals surface area (Å²) in [5.74, 6) is -0.638. The van der Waals surface area contributed by atoms with Gasteiger partial charge in [-0.3, -0.25) is 19.5 Å². The molecule has 26 heavy (non-hydrogen) atoms. The number of aromatic nitrogens is 2. The van der Waals surface area contributed by atoms with Gasteiger partial charge in [-0.1, -0.05) is 18.2 Å². The van der Waals surface area contributed by atoms with Crippen molar-refractivity contribution in [2.75, 3.05) is 18.4 Å². The Morgan fingerprint density at radius 2 is 2.08 bits per heavy atom. The van der Waals surface area contributed by atoms with Crippen LogP contribution in [0, 0.1) is 12.8 Å². The van der Waals surface area contributed by atoms with Gasteiger partial charge in [-0.2, -0.15) is 0 Å². The third kappa shape index (κ3) is 4.43. The van der Waals surface area contributed by atoms with Crippen LogP contribution in [0.15, 0.2) is 36.7 Å². The number of anilines is 1. The molecular weight excluding hydrogens is 330 g/mol. The first-order valence-corrected chi connectivity index (χ1v) is 8.72. The van der Waals surface area contributed by atoms with E-state index in [2.05, 4.69) is 20.2 Å². The molecule has 1 fully saturated rings. The largest absolute Gasteiger partial charge is 0.369 e. The second-order valence-electron chi connectivity index (χ2n) is 6.63. The number of nitrogens with one attached hydrogen (secondary N) is 1. The van der Waals surface area contributed by atoms with Crippen molar-refractivity contribution >= 4 is 17.5 Å². The highest BCUT2D eigenvalue weighted by molar-refractivity contribution is 6.03. The number of hydrogen-bond donors (Lipinski definition) is 2. The molecule has 0 aliphatic carbocycles. The lowest BCUT2D eigenvalue weighted by atomic mass is 9.97. The maximum atomic E-state index is 12.4. The molecule has 0 spiro atoms. The normalized spacial score (nSPS) is 17.7. The quantitative estimate of drug-likeness (QED) is 0.852. The van der Waals surface area contributed by atoms with Gasteiger partial charge in [0.05, 0.1) is 17.8 Å². The number of hydrogen-bond acceptors (Lipinski definition) is 5. The van der Waals surface area contributed by atoms with E-state index in [4.69, 9.17) is 5.73 Å². The highest BCUT2D eigenvalue weighted by Gasteiger charge is 2.24. The van der Waals surface area contributed by atoms with Crippen molar-refractivity contribution < 1.29 is 9.59 Å². The lowest BCUT2D eigenvalue weighted by Gasteiger charge is -2.31. The number of likely N-dealkylation sites (tertiary alicyclic amines) is 1. The average molecular weight is 353 g/mol. The molecule has 136 valence electrons. The van der Waals surface area contributed by atoms with E-state index in [0.717, 1.165) is 36.3 Å². The summed E-state index contributed by atoms with van der Waals surface area (Å²) in [5, 5.41) is 2.91. The van der Waals surface area contributed by atoms with Crippen molar-refractivity contribution in [1.82, 2.24) is 14.9 Å². The Hall–Kier alpha value is -2.80. The summed E-state index contributed by atoms with van der Waals surface area (Å²) < 4.78 is 0. The van der Waals surface area contributed by atoms with Gasteiger partial charge in [-0.05, 0) is 37.9 Å². The van der Waals surface area contributed by atoms with Crippen LogP contribution in [0.4, 0.5) is 5.69 Å². The zero-order chi connectivity index (χ0) is 18.5. The van der Waals surface area contributed by atoms with Crippen molar-refractivity contribution in [3.63, 3.8) is 0 Å². The van der Waals surface area contributed by atoms with E-state index in [0.29, 0.717) is 13.1 Å². The molecule has 2 heterocycles. The Kier molecular flexibility index (Phi) is 5.58. The maximum absolute atomic E-state index is 12.4. The minimum Gasteiger partial charge on any atom is -0.369 e. The number of primary amides is 1. The molecule has 0 saturated carbocycles. The minimum absolute atomic E-state index is 0.103. The van der Waals surface area contributed by atoms with E-state index in [1.165, 1.54) is 6.20 Å². The summed E-state index contributed by atoms with van der Waals surface area (Å²) >= 11 is 0. The topological polar surface area (TPSA) is 101 Å².